The number of halogens is 1. The van der Waals surface area contributed by atoms with Crippen molar-refractivity contribution in [2.24, 2.45) is 11.7 Å². The molecule has 6 nitrogen and oxygen atoms in total. The Morgan fingerprint density at radius 1 is 1.17 bits per heavy atom. The number of nitrogens with zero attached hydrogens (tertiary/aromatic N) is 1. The van der Waals surface area contributed by atoms with E-state index in [1.807, 2.05) is 48.5 Å². The van der Waals surface area contributed by atoms with E-state index < -0.39 is 0 Å². The molecule has 3 rings (SSSR count). The van der Waals surface area contributed by atoms with E-state index >= 15 is 0 Å². The minimum Gasteiger partial charge on any atom is -0.469 e. The monoisotopic (exact) mass is 415 g/mol. The Morgan fingerprint density at radius 3 is 2.28 bits per heavy atom. The van der Waals surface area contributed by atoms with Crippen LogP contribution in [0.1, 0.15) is 30.0 Å². The number of nitrogens with two attached hydrogens (primary N) is 1. The maximum atomic E-state index is 11.9. The molecule has 0 aliphatic carbocycles. The van der Waals surface area contributed by atoms with Gasteiger partial charge in [0.15, 0.2) is 0 Å². The molecular weight excluding hydrogens is 390 g/mol. The normalized spacial score (nSPS) is 17.6. The number of hydrogen-bond donors (Lipinski definition) is 2. The highest BCUT2D eigenvalue weighted by atomic mass is 35.5. The van der Waals surface area contributed by atoms with Gasteiger partial charge in [0.2, 0.25) is 0 Å². The molecule has 1 aliphatic heterocycles. The summed E-state index contributed by atoms with van der Waals surface area (Å²) >= 11 is 0. The minimum absolute atomic E-state index is 0. The van der Waals surface area contributed by atoms with Crippen LogP contribution in [0.25, 0.3) is 11.1 Å². The van der Waals surface area contributed by atoms with Gasteiger partial charge in [0.1, 0.15) is 12.1 Å². The SMILES string of the molecule is COC(=O)C1CCCN(C(C=O)c2ccc(-c3ccc(C(=N)N)cc3)cc2)C1.Cl. The summed E-state index contributed by atoms with van der Waals surface area (Å²) in [7, 11) is 1.40. The van der Waals surface area contributed by atoms with Gasteiger partial charge < -0.3 is 15.3 Å². The first kappa shape index (κ1) is 22.6. The van der Waals surface area contributed by atoms with Crippen molar-refractivity contribution in [1.29, 1.82) is 5.41 Å². The van der Waals surface area contributed by atoms with Gasteiger partial charge in [-0.15, -0.1) is 12.4 Å². The van der Waals surface area contributed by atoms with Crippen LogP contribution in [-0.2, 0) is 14.3 Å². The lowest BCUT2D eigenvalue weighted by Gasteiger charge is -2.35. The summed E-state index contributed by atoms with van der Waals surface area (Å²) < 4.78 is 4.87. The molecule has 2 atom stereocenters. The van der Waals surface area contributed by atoms with Crippen LogP contribution in [0.5, 0.6) is 0 Å². The Bertz CT molecular complexity index is 853. The van der Waals surface area contributed by atoms with Crippen LogP contribution in [0.4, 0.5) is 0 Å². The van der Waals surface area contributed by atoms with Gasteiger partial charge in [0.25, 0.3) is 0 Å². The summed E-state index contributed by atoms with van der Waals surface area (Å²) in [5.74, 6) is -0.346. The smallest absolute Gasteiger partial charge is 0.309 e. The summed E-state index contributed by atoms with van der Waals surface area (Å²) in [5, 5.41) is 7.47. The van der Waals surface area contributed by atoms with Crippen LogP contribution in [-0.4, -0.2) is 43.2 Å². The minimum atomic E-state index is -0.374. The van der Waals surface area contributed by atoms with E-state index in [1.165, 1.54) is 7.11 Å². The number of aldehydes is 1. The van der Waals surface area contributed by atoms with Crippen molar-refractivity contribution in [1.82, 2.24) is 4.90 Å². The number of nitrogen functional groups attached to an aromatic ring is 1. The van der Waals surface area contributed by atoms with Gasteiger partial charge >= 0.3 is 5.97 Å². The van der Waals surface area contributed by atoms with Gasteiger partial charge in [0.05, 0.1) is 19.1 Å². The molecule has 0 saturated carbocycles. The molecule has 2 aromatic rings. The lowest BCUT2D eigenvalue weighted by atomic mass is 9.94. The molecule has 2 aromatic carbocycles. The first-order valence-corrected chi connectivity index (χ1v) is 9.35. The number of benzene rings is 2. The molecule has 7 heteroatoms. The van der Waals surface area contributed by atoms with Crippen LogP contribution >= 0.6 is 12.4 Å². The van der Waals surface area contributed by atoms with Crippen molar-refractivity contribution in [2.75, 3.05) is 20.2 Å². The number of likely N-dealkylation sites (tertiary alicyclic amines) is 1. The van der Waals surface area contributed by atoms with Crippen molar-refractivity contribution < 1.29 is 14.3 Å². The lowest BCUT2D eigenvalue weighted by molar-refractivity contribution is -0.148. The molecule has 0 spiro atoms. The van der Waals surface area contributed by atoms with Crippen molar-refractivity contribution in [2.45, 2.75) is 18.9 Å². The predicted octanol–water partition coefficient (Wildman–Crippen LogP) is 3.18. The number of carbonyl (C=O) groups is 2. The summed E-state index contributed by atoms with van der Waals surface area (Å²) in [6.45, 7) is 1.31. The number of esters is 1. The number of hydrogen-bond acceptors (Lipinski definition) is 5. The molecule has 1 saturated heterocycles. The molecule has 1 fully saturated rings. The van der Waals surface area contributed by atoms with Crippen LogP contribution in [0.3, 0.4) is 0 Å². The van der Waals surface area contributed by atoms with E-state index in [4.69, 9.17) is 15.9 Å². The average Bonchev–Trinajstić information content (AvgIpc) is 2.74. The fraction of sp³-hybridized carbons (Fsp3) is 0.318. The van der Waals surface area contributed by atoms with Gasteiger partial charge in [-0.1, -0.05) is 48.5 Å². The first-order valence-electron chi connectivity index (χ1n) is 9.35. The molecule has 1 heterocycles. The maximum absolute atomic E-state index is 11.9. The number of amidine groups is 1. The molecule has 3 N–H and O–H groups in total. The maximum Gasteiger partial charge on any atom is 0.309 e. The van der Waals surface area contributed by atoms with E-state index in [-0.39, 0.29) is 36.2 Å². The Labute approximate surface area is 177 Å². The molecule has 2 unspecified atom stereocenters. The second kappa shape index (κ2) is 10.2. The van der Waals surface area contributed by atoms with Gasteiger partial charge in [-0.3, -0.25) is 15.1 Å². The largest absolute Gasteiger partial charge is 0.469 e. The van der Waals surface area contributed by atoms with Gasteiger partial charge in [0, 0.05) is 12.1 Å². The number of methoxy groups -OCH3 is 1. The zero-order valence-electron chi connectivity index (χ0n) is 16.3. The molecular formula is C22H26ClN3O3. The topological polar surface area (TPSA) is 96.5 Å². The third kappa shape index (κ3) is 5.22. The van der Waals surface area contributed by atoms with Crippen LogP contribution < -0.4 is 5.73 Å². The number of ether oxygens (including phenoxy) is 1. The van der Waals surface area contributed by atoms with E-state index in [1.54, 1.807) is 0 Å². The standard InChI is InChI=1S/C22H25N3O3.ClH/c1-28-22(27)19-3-2-12-25(13-19)20(14-26)17-8-4-15(5-9-17)16-6-10-18(11-7-16)21(23)24;/h4-11,14,19-20H,2-3,12-13H2,1H3,(H3,23,24);1H. The predicted molar refractivity (Wildman–Crippen MR) is 115 cm³/mol. The highest BCUT2D eigenvalue weighted by molar-refractivity contribution is 5.95. The molecule has 29 heavy (non-hydrogen) atoms. The first-order chi connectivity index (χ1) is 13.5. The van der Waals surface area contributed by atoms with E-state index in [0.29, 0.717) is 12.1 Å². The Balaban J connectivity index is 0.00000300. The van der Waals surface area contributed by atoms with E-state index in [2.05, 4.69) is 4.90 Å². The summed E-state index contributed by atoms with van der Waals surface area (Å²) in [6, 6.07) is 15.0. The fourth-order valence-corrected chi connectivity index (χ4v) is 3.71. The van der Waals surface area contributed by atoms with E-state index in [9.17, 15) is 9.59 Å². The Hall–Kier alpha value is -2.70. The Morgan fingerprint density at radius 2 is 1.76 bits per heavy atom. The van der Waals surface area contributed by atoms with Crippen molar-refractivity contribution >= 4 is 30.5 Å². The zero-order chi connectivity index (χ0) is 20.1. The lowest BCUT2D eigenvalue weighted by Crippen LogP contribution is -2.41. The summed E-state index contributed by atoms with van der Waals surface area (Å²) in [6.07, 6.45) is 2.60. The van der Waals surface area contributed by atoms with Gasteiger partial charge in [-0.2, -0.15) is 0 Å². The van der Waals surface area contributed by atoms with Gasteiger partial charge in [-0.25, -0.2) is 0 Å². The van der Waals surface area contributed by atoms with Gasteiger partial charge in [-0.05, 0) is 36.1 Å². The van der Waals surface area contributed by atoms with Crippen molar-refractivity contribution in [3.63, 3.8) is 0 Å². The number of carbonyl (C=O) groups excluding carboxylic acids is 2. The van der Waals surface area contributed by atoms with Crippen LogP contribution in [0.15, 0.2) is 48.5 Å². The molecule has 0 radical (unpaired) electrons. The molecule has 154 valence electrons. The third-order valence-corrected chi connectivity index (χ3v) is 5.29. The number of nitrogens with one attached hydrogen (secondary N) is 1. The van der Waals surface area contributed by atoms with Crippen molar-refractivity contribution in [3.8, 4) is 11.1 Å². The highest BCUT2D eigenvalue weighted by Crippen LogP contribution is 2.28. The number of rotatable bonds is 6. The van der Waals surface area contributed by atoms with E-state index in [0.717, 1.165) is 42.4 Å². The second-order valence-electron chi connectivity index (χ2n) is 7.05. The fourth-order valence-electron chi connectivity index (χ4n) is 3.71. The van der Waals surface area contributed by atoms with Crippen LogP contribution in [0.2, 0.25) is 0 Å². The average molecular weight is 416 g/mol. The number of piperidine rings is 1. The Kier molecular flexibility index (Phi) is 7.93. The zero-order valence-corrected chi connectivity index (χ0v) is 17.2. The molecule has 0 bridgehead atoms. The second-order valence-corrected chi connectivity index (χ2v) is 7.05. The third-order valence-electron chi connectivity index (χ3n) is 5.29. The van der Waals surface area contributed by atoms with Crippen LogP contribution in [0, 0.1) is 11.3 Å². The highest BCUT2D eigenvalue weighted by Gasteiger charge is 2.30. The molecule has 1 aliphatic rings. The summed E-state index contributed by atoms with van der Waals surface area (Å²) in [4.78, 5) is 25.7. The summed E-state index contributed by atoms with van der Waals surface area (Å²) in [5.41, 5.74) is 9.13. The molecule has 0 aromatic heterocycles. The molecule has 0 amide bonds. The quantitative estimate of drug-likeness (QED) is 0.327. The van der Waals surface area contributed by atoms with Crippen molar-refractivity contribution in [3.05, 3.63) is 59.7 Å².